The fourth-order valence-corrected chi connectivity index (χ4v) is 5.70. The molecule has 0 saturated carbocycles. The number of hydrogen-bond acceptors (Lipinski definition) is 0. The summed E-state index contributed by atoms with van der Waals surface area (Å²) in [5.74, 6) is 0.474. The Balaban J connectivity index is 1.55. The SMILES string of the molecule is C=CC1C=CC=CC1C(=C)\C1=c2/cccc/c2=C(\C(C)=C\C=C2\C=CC(c3ccccc3)=CC2)C/C=C\C=C/C1. The molecule has 0 bridgehead atoms. The van der Waals surface area contributed by atoms with Gasteiger partial charge in [0.15, 0.2) is 0 Å². The smallest absolute Gasteiger partial charge is 0.0116 e. The van der Waals surface area contributed by atoms with Crippen LogP contribution < -0.4 is 10.4 Å². The Morgan fingerprint density at radius 2 is 1.45 bits per heavy atom. The van der Waals surface area contributed by atoms with Crippen LogP contribution in [0.1, 0.15) is 31.7 Å². The zero-order valence-corrected chi connectivity index (χ0v) is 23.5. The molecule has 5 rings (SSSR count). The molecule has 0 nitrogen and oxygen atoms in total. The van der Waals surface area contributed by atoms with E-state index < -0.39 is 0 Å². The first-order chi connectivity index (χ1) is 19.7. The van der Waals surface area contributed by atoms with Gasteiger partial charge in [-0.2, -0.15) is 0 Å². The summed E-state index contributed by atoms with van der Waals surface area (Å²) in [4.78, 5) is 0. The van der Waals surface area contributed by atoms with Crippen LogP contribution in [-0.2, 0) is 0 Å². The molecule has 3 aliphatic carbocycles. The summed E-state index contributed by atoms with van der Waals surface area (Å²) in [6.07, 6.45) is 33.7. The minimum Gasteiger partial charge on any atom is -0.102 e. The van der Waals surface area contributed by atoms with Crippen LogP contribution in [0.25, 0.3) is 16.7 Å². The molecule has 3 aliphatic rings. The summed E-state index contributed by atoms with van der Waals surface area (Å²) in [6.45, 7) is 11.0. The highest BCUT2D eigenvalue weighted by atomic mass is 14.3. The fraction of sp³-hybridized carbons (Fsp3) is 0.150. The highest BCUT2D eigenvalue weighted by Gasteiger charge is 2.21. The van der Waals surface area contributed by atoms with Crippen molar-refractivity contribution >= 4 is 16.7 Å². The second kappa shape index (κ2) is 13.1. The third-order valence-corrected chi connectivity index (χ3v) is 8.01. The van der Waals surface area contributed by atoms with Gasteiger partial charge in [-0.1, -0.05) is 146 Å². The fourth-order valence-electron chi connectivity index (χ4n) is 5.70. The van der Waals surface area contributed by atoms with Gasteiger partial charge in [0.1, 0.15) is 0 Å². The Morgan fingerprint density at radius 1 is 0.775 bits per heavy atom. The van der Waals surface area contributed by atoms with Gasteiger partial charge in [-0.15, -0.1) is 6.58 Å². The minimum atomic E-state index is 0.217. The van der Waals surface area contributed by atoms with E-state index >= 15 is 0 Å². The minimum absolute atomic E-state index is 0.217. The Morgan fingerprint density at radius 3 is 2.15 bits per heavy atom. The number of allylic oxidation sites excluding steroid dienone is 18. The van der Waals surface area contributed by atoms with E-state index in [0.29, 0.717) is 0 Å². The molecule has 0 spiro atoms. The summed E-state index contributed by atoms with van der Waals surface area (Å²) >= 11 is 0. The van der Waals surface area contributed by atoms with Crippen LogP contribution in [0.5, 0.6) is 0 Å². The average molecular weight is 519 g/mol. The van der Waals surface area contributed by atoms with Gasteiger partial charge in [-0.25, -0.2) is 0 Å². The normalized spacial score (nSPS) is 26.1. The summed E-state index contributed by atoms with van der Waals surface area (Å²) in [7, 11) is 0. The molecule has 0 saturated heterocycles. The van der Waals surface area contributed by atoms with Crippen molar-refractivity contribution in [3.63, 3.8) is 0 Å². The third-order valence-electron chi connectivity index (χ3n) is 8.01. The van der Waals surface area contributed by atoms with E-state index in [1.807, 2.05) is 6.08 Å². The lowest BCUT2D eigenvalue weighted by Gasteiger charge is -2.25. The number of fused-ring (bicyclic) bond motifs is 1. The van der Waals surface area contributed by atoms with Crippen molar-refractivity contribution in [1.82, 2.24) is 0 Å². The quantitative estimate of drug-likeness (QED) is 0.335. The van der Waals surface area contributed by atoms with E-state index in [2.05, 4.69) is 154 Å². The molecule has 0 heteroatoms. The largest absolute Gasteiger partial charge is 0.102 e. The second-order valence-electron chi connectivity index (χ2n) is 10.6. The molecule has 198 valence electrons. The predicted molar refractivity (Wildman–Crippen MR) is 175 cm³/mol. The maximum Gasteiger partial charge on any atom is 0.0116 e. The summed E-state index contributed by atoms with van der Waals surface area (Å²) in [6, 6.07) is 19.5. The zero-order chi connectivity index (χ0) is 27.7. The molecule has 0 radical (unpaired) electrons. The molecule has 2 aromatic rings. The summed E-state index contributed by atoms with van der Waals surface area (Å²) in [5.41, 5.74) is 8.99. The van der Waals surface area contributed by atoms with E-state index in [0.717, 1.165) is 19.3 Å². The number of hydrogen-bond donors (Lipinski definition) is 0. The Hall–Kier alpha value is -4.42. The van der Waals surface area contributed by atoms with Crippen LogP contribution in [0.2, 0.25) is 0 Å². The number of benzene rings is 2. The van der Waals surface area contributed by atoms with Crippen molar-refractivity contribution in [1.29, 1.82) is 0 Å². The maximum absolute atomic E-state index is 4.65. The van der Waals surface area contributed by atoms with Gasteiger partial charge in [-0.05, 0) is 75.6 Å². The van der Waals surface area contributed by atoms with Crippen molar-refractivity contribution in [2.45, 2.75) is 26.2 Å². The standard InChI is InChI=1S/C40H38/c1-4-33-16-12-13-20-37(33)31(3)38-21-11-6-5-10-19-36(39-22-14-15-23-40(38)39)30(2)24-25-32-26-28-35(29-27-32)34-17-8-7-9-18-34/h4-18,20,22-26,28-29,33,37H,1,3,19,21,27H2,2H3/b10-5-,11-6-,30-24+,32-25-,39-36+,40-38+. The lowest BCUT2D eigenvalue weighted by molar-refractivity contribution is 0.648. The molecule has 2 atom stereocenters. The van der Waals surface area contributed by atoms with Gasteiger partial charge in [0.25, 0.3) is 0 Å². The van der Waals surface area contributed by atoms with Gasteiger partial charge >= 0.3 is 0 Å². The molecular weight excluding hydrogens is 480 g/mol. The van der Waals surface area contributed by atoms with E-state index in [-0.39, 0.29) is 11.8 Å². The van der Waals surface area contributed by atoms with Crippen LogP contribution in [0.15, 0.2) is 170 Å². The van der Waals surface area contributed by atoms with Crippen molar-refractivity contribution in [2.24, 2.45) is 11.8 Å². The Bertz CT molecular complexity index is 1640. The van der Waals surface area contributed by atoms with Crippen molar-refractivity contribution in [2.75, 3.05) is 0 Å². The first-order valence-corrected chi connectivity index (χ1v) is 14.3. The van der Waals surface area contributed by atoms with Crippen molar-refractivity contribution in [3.05, 3.63) is 186 Å². The summed E-state index contributed by atoms with van der Waals surface area (Å²) < 4.78 is 0. The average Bonchev–Trinajstić information content (AvgIpc) is 3.02. The zero-order valence-electron chi connectivity index (χ0n) is 23.5. The van der Waals surface area contributed by atoms with E-state index in [4.69, 9.17) is 0 Å². The van der Waals surface area contributed by atoms with Gasteiger partial charge in [0.2, 0.25) is 0 Å². The predicted octanol–water partition coefficient (Wildman–Crippen LogP) is 8.91. The van der Waals surface area contributed by atoms with Crippen LogP contribution in [0, 0.1) is 11.8 Å². The summed E-state index contributed by atoms with van der Waals surface area (Å²) in [5, 5.41) is 2.57. The van der Waals surface area contributed by atoms with Gasteiger partial charge in [-0.3, -0.25) is 0 Å². The van der Waals surface area contributed by atoms with E-state index in [1.54, 1.807) is 0 Å². The molecule has 40 heavy (non-hydrogen) atoms. The van der Waals surface area contributed by atoms with E-state index in [1.165, 1.54) is 49.4 Å². The molecule has 2 aromatic carbocycles. The lowest BCUT2D eigenvalue weighted by atomic mass is 9.79. The first kappa shape index (κ1) is 27.2. The monoisotopic (exact) mass is 518 g/mol. The van der Waals surface area contributed by atoms with Crippen LogP contribution in [0.4, 0.5) is 0 Å². The van der Waals surface area contributed by atoms with Gasteiger partial charge < -0.3 is 0 Å². The first-order valence-electron chi connectivity index (χ1n) is 14.3. The molecule has 0 fully saturated rings. The topological polar surface area (TPSA) is 0 Å². The number of rotatable bonds is 6. The van der Waals surface area contributed by atoms with Crippen LogP contribution >= 0.6 is 0 Å². The van der Waals surface area contributed by atoms with Gasteiger partial charge in [0.05, 0.1) is 0 Å². The third kappa shape index (κ3) is 6.24. The Labute approximate surface area is 239 Å². The molecule has 0 amide bonds. The van der Waals surface area contributed by atoms with Crippen LogP contribution in [0.3, 0.4) is 0 Å². The Kier molecular flexibility index (Phi) is 8.89. The molecular formula is C40H38. The van der Waals surface area contributed by atoms with Crippen molar-refractivity contribution in [3.8, 4) is 0 Å². The lowest BCUT2D eigenvalue weighted by Crippen LogP contribution is -2.31. The molecule has 2 unspecified atom stereocenters. The molecule has 0 N–H and O–H groups in total. The highest BCUT2D eigenvalue weighted by Crippen LogP contribution is 2.32. The van der Waals surface area contributed by atoms with Gasteiger partial charge in [0, 0.05) is 11.8 Å². The molecule has 0 heterocycles. The maximum atomic E-state index is 4.65. The van der Waals surface area contributed by atoms with E-state index in [9.17, 15) is 0 Å². The molecule has 0 aliphatic heterocycles. The van der Waals surface area contributed by atoms with Crippen molar-refractivity contribution < 1.29 is 0 Å². The molecule has 0 aromatic heterocycles. The second-order valence-corrected chi connectivity index (χ2v) is 10.6. The highest BCUT2D eigenvalue weighted by molar-refractivity contribution is 5.76. The van der Waals surface area contributed by atoms with Crippen LogP contribution in [-0.4, -0.2) is 0 Å².